The van der Waals surface area contributed by atoms with Crippen LogP contribution in [-0.4, -0.2) is 27.2 Å². The Kier molecular flexibility index (Phi) is 4.52. The number of carbonyl (C=O) groups is 1. The van der Waals surface area contributed by atoms with Gasteiger partial charge in [0.2, 0.25) is 0 Å². The predicted octanol–water partition coefficient (Wildman–Crippen LogP) is 3.43. The number of benzene rings is 1. The van der Waals surface area contributed by atoms with Crippen molar-refractivity contribution in [1.82, 2.24) is 20.1 Å². The summed E-state index contributed by atoms with van der Waals surface area (Å²) in [5.74, 6) is -0.474. The number of halogens is 1. The van der Waals surface area contributed by atoms with Crippen LogP contribution in [0.2, 0.25) is 0 Å². The van der Waals surface area contributed by atoms with Gasteiger partial charge < -0.3 is 5.32 Å². The summed E-state index contributed by atoms with van der Waals surface area (Å²) in [6, 6.07) is 8.42. The van der Waals surface area contributed by atoms with Gasteiger partial charge >= 0.3 is 0 Å². The van der Waals surface area contributed by atoms with E-state index in [1.54, 1.807) is 28.9 Å². The van der Waals surface area contributed by atoms with Crippen molar-refractivity contribution in [2.45, 2.75) is 33.1 Å². The molecule has 0 atom stereocenters. The molecule has 0 fully saturated rings. The van der Waals surface area contributed by atoms with E-state index in [-0.39, 0.29) is 11.7 Å². The van der Waals surface area contributed by atoms with Crippen LogP contribution in [0.5, 0.6) is 0 Å². The molecule has 0 aliphatic carbocycles. The minimum Gasteiger partial charge on any atom is -0.351 e. The largest absolute Gasteiger partial charge is 0.351 e. The lowest BCUT2D eigenvalue weighted by molar-refractivity contribution is 0.0946. The van der Waals surface area contributed by atoms with E-state index in [2.05, 4.69) is 15.4 Å². The molecule has 2 aromatic heterocycles. The lowest BCUT2D eigenvalue weighted by atomic mass is 9.84. The molecule has 136 valence electrons. The minimum atomic E-state index is -0.536. The highest BCUT2D eigenvalue weighted by Gasteiger charge is 2.26. The van der Waals surface area contributed by atoms with E-state index < -0.39 is 5.41 Å². The Hall–Kier alpha value is -2.76. The highest BCUT2D eigenvalue weighted by Crippen LogP contribution is 2.26. The summed E-state index contributed by atoms with van der Waals surface area (Å²) < 4.78 is 15.8. The van der Waals surface area contributed by atoms with Crippen LogP contribution in [-0.2, 0) is 12.5 Å². The summed E-state index contributed by atoms with van der Waals surface area (Å²) in [4.78, 5) is 17.3. The van der Waals surface area contributed by atoms with Gasteiger partial charge in [-0.3, -0.25) is 9.48 Å². The van der Waals surface area contributed by atoms with Gasteiger partial charge in [0.15, 0.2) is 5.65 Å². The first-order chi connectivity index (χ1) is 12.2. The molecule has 3 aromatic rings. The van der Waals surface area contributed by atoms with Crippen LogP contribution in [0.15, 0.2) is 30.3 Å². The molecule has 0 bridgehead atoms. The fraction of sp³-hybridized carbons (Fsp3) is 0.350. The molecule has 0 unspecified atom stereocenters. The Morgan fingerprint density at radius 2 is 1.96 bits per heavy atom. The number of nitrogens with zero attached hydrogens (tertiary/aromatic N) is 3. The number of pyridine rings is 1. The first-order valence-corrected chi connectivity index (χ1v) is 8.55. The summed E-state index contributed by atoms with van der Waals surface area (Å²) in [5, 5.41) is 8.07. The lowest BCUT2D eigenvalue weighted by Crippen LogP contribution is -2.37. The average molecular weight is 354 g/mol. The third kappa shape index (κ3) is 3.19. The Morgan fingerprint density at radius 3 is 2.65 bits per heavy atom. The van der Waals surface area contributed by atoms with E-state index in [1.165, 1.54) is 6.07 Å². The standard InChI is InChI=1S/C20H23FN4O/c1-12-10-14(17-13(2)24-25(5)18(17)23-12)19(26)22-11-20(3,4)15-8-6-7-9-16(15)21/h6-10H,11H2,1-5H3,(H,22,26). The third-order valence-electron chi connectivity index (χ3n) is 4.64. The van der Waals surface area contributed by atoms with Crippen LogP contribution in [0.4, 0.5) is 4.39 Å². The van der Waals surface area contributed by atoms with Gasteiger partial charge in [-0.05, 0) is 31.5 Å². The summed E-state index contributed by atoms with van der Waals surface area (Å²) in [6.45, 7) is 7.85. The topological polar surface area (TPSA) is 59.8 Å². The second kappa shape index (κ2) is 6.52. The summed E-state index contributed by atoms with van der Waals surface area (Å²) >= 11 is 0. The van der Waals surface area contributed by atoms with Crippen LogP contribution in [0.3, 0.4) is 0 Å². The molecule has 0 spiro atoms. The van der Waals surface area contributed by atoms with E-state index in [4.69, 9.17) is 0 Å². The van der Waals surface area contributed by atoms with Crippen molar-refractivity contribution in [3.8, 4) is 0 Å². The van der Waals surface area contributed by atoms with E-state index in [9.17, 15) is 9.18 Å². The normalized spacial score (nSPS) is 11.8. The zero-order valence-electron chi connectivity index (χ0n) is 15.7. The molecule has 0 aliphatic rings. The number of aromatic nitrogens is 3. The summed E-state index contributed by atoms with van der Waals surface area (Å²) in [5.41, 5.74) is 2.77. The Bertz CT molecular complexity index is 991. The molecule has 1 amide bonds. The number of aryl methyl sites for hydroxylation is 3. The molecule has 26 heavy (non-hydrogen) atoms. The maximum atomic E-state index is 14.1. The molecule has 0 saturated carbocycles. The molecule has 1 aromatic carbocycles. The van der Waals surface area contributed by atoms with Gasteiger partial charge in [-0.15, -0.1) is 0 Å². The van der Waals surface area contributed by atoms with Gasteiger partial charge in [0, 0.05) is 24.7 Å². The number of hydrogen-bond donors (Lipinski definition) is 1. The zero-order chi connectivity index (χ0) is 19.1. The third-order valence-corrected chi connectivity index (χ3v) is 4.64. The molecule has 0 radical (unpaired) electrons. The van der Waals surface area contributed by atoms with Gasteiger partial charge in [0.05, 0.1) is 16.6 Å². The number of nitrogens with one attached hydrogen (secondary N) is 1. The number of hydrogen-bond acceptors (Lipinski definition) is 3. The van der Waals surface area contributed by atoms with Crippen LogP contribution in [0, 0.1) is 19.7 Å². The van der Waals surface area contributed by atoms with Crippen molar-refractivity contribution in [2.75, 3.05) is 6.54 Å². The predicted molar refractivity (Wildman–Crippen MR) is 99.7 cm³/mol. The van der Waals surface area contributed by atoms with Crippen molar-refractivity contribution in [3.63, 3.8) is 0 Å². The molecule has 0 aliphatic heterocycles. The smallest absolute Gasteiger partial charge is 0.252 e. The van der Waals surface area contributed by atoms with E-state index in [1.807, 2.05) is 34.7 Å². The molecular weight excluding hydrogens is 331 g/mol. The van der Waals surface area contributed by atoms with Gasteiger partial charge in [0.1, 0.15) is 5.82 Å². The van der Waals surface area contributed by atoms with E-state index in [0.29, 0.717) is 23.3 Å². The molecule has 0 saturated heterocycles. The van der Waals surface area contributed by atoms with Gasteiger partial charge in [-0.1, -0.05) is 32.0 Å². The number of amides is 1. The quantitative estimate of drug-likeness (QED) is 0.781. The minimum absolute atomic E-state index is 0.207. The maximum Gasteiger partial charge on any atom is 0.252 e. The molecular formula is C20H23FN4O. The van der Waals surface area contributed by atoms with Crippen molar-refractivity contribution >= 4 is 16.9 Å². The molecule has 2 heterocycles. The highest BCUT2D eigenvalue weighted by molar-refractivity contribution is 6.06. The second-order valence-corrected chi connectivity index (χ2v) is 7.27. The van der Waals surface area contributed by atoms with Crippen molar-refractivity contribution in [1.29, 1.82) is 0 Å². The number of fused-ring (bicyclic) bond motifs is 1. The van der Waals surface area contributed by atoms with Gasteiger partial charge in [-0.25, -0.2) is 9.37 Å². The van der Waals surface area contributed by atoms with Gasteiger partial charge in [-0.2, -0.15) is 5.10 Å². The molecule has 6 heteroatoms. The maximum absolute atomic E-state index is 14.1. The monoisotopic (exact) mass is 354 g/mol. The number of carbonyl (C=O) groups excluding carboxylic acids is 1. The first kappa shape index (κ1) is 18.0. The summed E-state index contributed by atoms with van der Waals surface area (Å²) in [6.07, 6.45) is 0. The van der Waals surface area contributed by atoms with Crippen LogP contribution < -0.4 is 5.32 Å². The Morgan fingerprint density at radius 1 is 1.27 bits per heavy atom. The Labute approximate surface area is 152 Å². The van der Waals surface area contributed by atoms with E-state index in [0.717, 1.165) is 16.8 Å². The Balaban J connectivity index is 1.90. The van der Waals surface area contributed by atoms with Crippen molar-refractivity contribution < 1.29 is 9.18 Å². The fourth-order valence-corrected chi connectivity index (χ4v) is 3.25. The average Bonchev–Trinajstić information content (AvgIpc) is 2.86. The molecule has 1 N–H and O–H groups in total. The van der Waals surface area contributed by atoms with Crippen molar-refractivity contribution in [2.24, 2.45) is 7.05 Å². The van der Waals surface area contributed by atoms with Gasteiger partial charge in [0.25, 0.3) is 5.91 Å². The van der Waals surface area contributed by atoms with E-state index >= 15 is 0 Å². The van der Waals surface area contributed by atoms with Crippen LogP contribution >= 0.6 is 0 Å². The SMILES string of the molecule is Cc1cc(C(=O)NCC(C)(C)c2ccccc2F)c2c(C)nn(C)c2n1. The highest BCUT2D eigenvalue weighted by atomic mass is 19.1. The fourth-order valence-electron chi connectivity index (χ4n) is 3.25. The van der Waals surface area contributed by atoms with Crippen LogP contribution in [0.25, 0.3) is 11.0 Å². The second-order valence-electron chi connectivity index (χ2n) is 7.27. The lowest BCUT2D eigenvalue weighted by Gasteiger charge is -2.26. The van der Waals surface area contributed by atoms with Crippen LogP contribution in [0.1, 0.15) is 41.2 Å². The number of rotatable bonds is 4. The molecule has 3 rings (SSSR count). The first-order valence-electron chi connectivity index (χ1n) is 8.55. The zero-order valence-corrected chi connectivity index (χ0v) is 15.7. The summed E-state index contributed by atoms with van der Waals surface area (Å²) in [7, 11) is 1.81. The van der Waals surface area contributed by atoms with Crippen molar-refractivity contribution in [3.05, 3.63) is 58.7 Å². The molecule has 5 nitrogen and oxygen atoms in total.